The zero-order chi connectivity index (χ0) is 14.5. The largest absolute Gasteiger partial charge is 0.494 e. The average Bonchev–Trinajstić information content (AvgIpc) is 2.83. The number of hydrogen-bond acceptors (Lipinski definition) is 5. The van der Waals surface area contributed by atoms with Crippen molar-refractivity contribution in [1.82, 2.24) is 15.2 Å². The quantitative estimate of drug-likeness (QED) is 0.616. The third-order valence-electron chi connectivity index (χ3n) is 3.14. The van der Waals surface area contributed by atoms with Crippen LogP contribution in [0.15, 0.2) is 30.5 Å². The van der Waals surface area contributed by atoms with Crippen LogP contribution in [-0.4, -0.2) is 23.5 Å². The zero-order valence-corrected chi connectivity index (χ0v) is 12.0. The van der Waals surface area contributed by atoms with Crippen LogP contribution in [-0.2, 0) is 7.05 Å². The topological polar surface area (TPSA) is 74.3 Å². The predicted octanol–water partition coefficient (Wildman–Crippen LogP) is 1.38. The molecule has 0 aliphatic heterocycles. The first kappa shape index (κ1) is 14.4. The molecule has 0 bridgehead atoms. The summed E-state index contributed by atoms with van der Waals surface area (Å²) in [5.74, 6) is 7.23. The van der Waals surface area contributed by atoms with E-state index in [2.05, 4.69) is 10.5 Å². The lowest BCUT2D eigenvalue weighted by Crippen LogP contribution is -2.31. The molecule has 0 spiro atoms. The number of nitrogens with zero attached hydrogens (tertiary/aromatic N) is 2. The summed E-state index contributed by atoms with van der Waals surface area (Å²) < 4.78 is 12.8. The van der Waals surface area contributed by atoms with E-state index in [1.165, 1.54) is 0 Å². The average molecular weight is 276 g/mol. The maximum Gasteiger partial charge on any atom is 0.161 e. The first-order chi connectivity index (χ1) is 9.72. The molecule has 1 heterocycles. The van der Waals surface area contributed by atoms with Crippen molar-refractivity contribution >= 4 is 0 Å². The van der Waals surface area contributed by atoms with E-state index in [0.29, 0.717) is 12.4 Å². The minimum atomic E-state index is -0.264. The van der Waals surface area contributed by atoms with Gasteiger partial charge in [-0.05, 0) is 13.0 Å². The molecule has 0 saturated carbocycles. The van der Waals surface area contributed by atoms with Crippen molar-refractivity contribution in [3.8, 4) is 11.5 Å². The molecular formula is C14H20N4O2. The fourth-order valence-electron chi connectivity index (χ4n) is 2.24. The SMILES string of the molecule is CCOc1ccccc1C(NN)c1c(OC)cnn1C. The number of hydrogen-bond donors (Lipinski definition) is 2. The van der Waals surface area contributed by atoms with Crippen molar-refractivity contribution in [3.63, 3.8) is 0 Å². The summed E-state index contributed by atoms with van der Waals surface area (Å²) in [4.78, 5) is 0. The first-order valence-electron chi connectivity index (χ1n) is 6.46. The standard InChI is InChI=1S/C14H20N4O2/c1-4-20-11-8-6-5-7-10(11)13(17-15)14-12(19-3)9-16-18(14)2/h5-9,13,17H,4,15H2,1-3H3. The van der Waals surface area contributed by atoms with Gasteiger partial charge in [0.25, 0.3) is 0 Å². The lowest BCUT2D eigenvalue weighted by atomic mass is 10.0. The molecule has 1 atom stereocenters. The fourth-order valence-corrected chi connectivity index (χ4v) is 2.24. The highest BCUT2D eigenvalue weighted by Crippen LogP contribution is 2.33. The number of ether oxygens (including phenoxy) is 2. The molecule has 6 heteroatoms. The van der Waals surface area contributed by atoms with E-state index >= 15 is 0 Å². The highest BCUT2D eigenvalue weighted by molar-refractivity contribution is 5.43. The Morgan fingerprint density at radius 3 is 2.75 bits per heavy atom. The predicted molar refractivity (Wildman–Crippen MR) is 76.5 cm³/mol. The zero-order valence-electron chi connectivity index (χ0n) is 12.0. The molecule has 0 fully saturated rings. The van der Waals surface area contributed by atoms with Crippen LogP contribution in [0.4, 0.5) is 0 Å². The molecule has 1 aromatic heterocycles. The van der Waals surface area contributed by atoms with E-state index in [1.807, 2.05) is 38.2 Å². The van der Waals surface area contributed by atoms with E-state index < -0.39 is 0 Å². The van der Waals surface area contributed by atoms with Gasteiger partial charge in [-0.25, -0.2) is 5.43 Å². The smallest absolute Gasteiger partial charge is 0.161 e. The molecule has 2 aromatic rings. The molecule has 1 aromatic carbocycles. The monoisotopic (exact) mass is 276 g/mol. The summed E-state index contributed by atoms with van der Waals surface area (Å²) in [6, 6.07) is 7.52. The summed E-state index contributed by atoms with van der Waals surface area (Å²) >= 11 is 0. The van der Waals surface area contributed by atoms with Gasteiger partial charge in [0, 0.05) is 12.6 Å². The molecular weight excluding hydrogens is 256 g/mol. The van der Waals surface area contributed by atoms with Crippen LogP contribution < -0.4 is 20.7 Å². The maximum absolute atomic E-state index is 5.75. The fraction of sp³-hybridized carbons (Fsp3) is 0.357. The second-order valence-electron chi connectivity index (χ2n) is 4.29. The molecule has 0 aliphatic carbocycles. The lowest BCUT2D eigenvalue weighted by Gasteiger charge is -2.20. The molecule has 3 N–H and O–H groups in total. The number of benzene rings is 1. The number of aryl methyl sites for hydroxylation is 1. The van der Waals surface area contributed by atoms with Crippen molar-refractivity contribution in [1.29, 1.82) is 0 Å². The van der Waals surface area contributed by atoms with Crippen molar-refractivity contribution < 1.29 is 9.47 Å². The molecule has 0 saturated heterocycles. The van der Waals surface area contributed by atoms with Crippen molar-refractivity contribution in [2.24, 2.45) is 12.9 Å². The maximum atomic E-state index is 5.75. The van der Waals surface area contributed by atoms with Gasteiger partial charge in [-0.2, -0.15) is 5.10 Å². The van der Waals surface area contributed by atoms with Gasteiger partial charge in [0.1, 0.15) is 11.4 Å². The normalized spacial score (nSPS) is 12.2. The molecule has 2 rings (SSSR count). The van der Waals surface area contributed by atoms with Gasteiger partial charge >= 0.3 is 0 Å². The van der Waals surface area contributed by atoms with Gasteiger partial charge in [-0.1, -0.05) is 18.2 Å². The van der Waals surface area contributed by atoms with Crippen LogP contribution in [0.5, 0.6) is 11.5 Å². The second kappa shape index (κ2) is 6.40. The molecule has 0 aliphatic rings. The van der Waals surface area contributed by atoms with Crippen LogP contribution in [0, 0.1) is 0 Å². The number of nitrogens with two attached hydrogens (primary N) is 1. The Labute approximate surface area is 118 Å². The summed E-state index contributed by atoms with van der Waals surface area (Å²) in [6.45, 7) is 2.54. The third-order valence-corrected chi connectivity index (χ3v) is 3.14. The molecule has 0 radical (unpaired) electrons. The van der Waals surface area contributed by atoms with Crippen LogP contribution in [0.2, 0.25) is 0 Å². The Kier molecular flexibility index (Phi) is 4.60. The van der Waals surface area contributed by atoms with Gasteiger partial charge in [-0.3, -0.25) is 10.5 Å². The van der Waals surface area contributed by atoms with E-state index in [4.69, 9.17) is 15.3 Å². The molecule has 0 amide bonds. The van der Waals surface area contributed by atoms with Crippen LogP contribution in [0.25, 0.3) is 0 Å². The molecule has 20 heavy (non-hydrogen) atoms. The number of aromatic nitrogens is 2. The summed E-state index contributed by atoms with van der Waals surface area (Å²) in [5.41, 5.74) is 4.61. The van der Waals surface area contributed by atoms with E-state index in [-0.39, 0.29) is 6.04 Å². The highest BCUT2D eigenvalue weighted by atomic mass is 16.5. The van der Waals surface area contributed by atoms with Crippen molar-refractivity contribution in [2.45, 2.75) is 13.0 Å². The van der Waals surface area contributed by atoms with E-state index in [0.717, 1.165) is 17.0 Å². The minimum absolute atomic E-state index is 0.264. The Morgan fingerprint density at radius 2 is 2.10 bits per heavy atom. The number of rotatable bonds is 6. The van der Waals surface area contributed by atoms with E-state index in [9.17, 15) is 0 Å². The van der Waals surface area contributed by atoms with Gasteiger partial charge < -0.3 is 9.47 Å². The Morgan fingerprint density at radius 1 is 1.35 bits per heavy atom. The van der Waals surface area contributed by atoms with Crippen molar-refractivity contribution in [2.75, 3.05) is 13.7 Å². The van der Waals surface area contributed by atoms with Crippen LogP contribution in [0.1, 0.15) is 24.2 Å². The summed E-state index contributed by atoms with van der Waals surface area (Å²) in [6.07, 6.45) is 1.67. The van der Waals surface area contributed by atoms with Crippen LogP contribution in [0.3, 0.4) is 0 Å². The second-order valence-corrected chi connectivity index (χ2v) is 4.29. The lowest BCUT2D eigenvalue weighted by molar-refractivity contribution is 0.332. The minimum Gasteiger partial charge on any atom is -0.494 e. The number of nitrogens with one attached hydrogen (secondary N) is 1. The Balaban J connectivity index is 2.49. The summed E-state index contributed by atoms with van der Waals surface area (Å²) in [7, 11) is 3.47. The van der Waals surface area contributed by atoms with E-state index in [1.54, 1.807) is 18.0 Å². The first-order valence-corrected chi connectivity index (χ1v) is 6.46. The van der Waals surface area contributed by atoms with Crippen LogP contribution >= 0.6 is 0 Å². The van der Waals surface area contributed by atoms with Crippen molar-refractivity contribution in [3.05, 3.63) is 41.7 Å². The van der Waals surface area contributed by atoms with Gasteiger partial charge in [0.15, 0.2) is 5.75 Å². The summed E-state index contributed by atoms with van der Waals surface area (Å²) in [5, 5.41) is 4.21. The van der Waals surface area contributed by atoms with Gasteiger partial charge in [0.05, 0.1) is 26.0 Å². The van der Waals surface area contributed by atoms with Gasteiger partial charge in [-0.15, -0.1) is 0 Å². The number of methoxy groups -OCH3 is 1. The number of hydrazine groups is 1. The molecule has 6 nitrogen and oxygen atoms in total. The molecule has 1 unspecified atom stereocenters. The van der Waals surface area contributed by atoms with Gasteiger partial charge in [0.2, 0.25) is 0 Å². The Hall–Kier alpha value is -2.05. The highest BCUT2D eigenvalue weighted by Gasteiger charge is 2.24. The Bertz CT molecular complexity index is 568. The third kappa shape index (κ3) is 2.61. The number of para-hydroxylation sites is 1. The molecule has 108 valence electrons.